The van der Waals surface area contributed by atoms with E-state index in [-0.39, 0.29) is 18.2 Å². The number of aliphatic hydroxyl groups excluding tert-OH is 1. The van der Waals surface area contributed by atoms with E-state index in [1.807, 2.05) is 22.0 Å². The van der Waals surface area contributed by atoms with Crippen LogP contribution in [-0.4, -0.2) is 73.0 Å². The number of H-pyrrole nitrogens is 1. The Morgan fingerprint density at radius 3 is 2.89 bits per heavy atom. The molecule has 5 N–H and O–H groups in total. The molecule has 1 atom stereocenters. The van der Waals surface area contributed by atoms with Crippen LogP contribution in [0.5, 0.6) is 0 Å². The molecule has 1 saturated heterocycles. The molecule has 1 aliphatic heterocycles. The SMILES string of the molecule is CCCCN(CCO)c1nc(N)nc2cn(Cc3ccc(CNC4CCOC(C)(C)C4)c4cn[nH]c34)nc12. The molecule has 3 aromatic heterocycles. The third-order valence-electron chi connectivity index (χ3n) is 7.26. The molecule has 1 aliphatic rings. The number of nitrogens with zero attached hydrogens (tertiary/aromatic N) is 6. The smallest absolute Gasteiger partial charge is 0.222 e. The number of aromatic amines is 1. The average molecular weight is 522 g/mol. The van der Waals surface area contributed by atoms with Crippen LogP contribution in [0, 0.1) is 0 Å². The number of nitrogens with two attached hydrogens (primary N) is 1. The van der Waals surface area contributed by atoms with Gasteiger partial charge in [-0.05, 0) is 44.2 Å². The summed E-state index contributed by atoms with van der Waals surface area (Å²) in [5.74, 6) is 0.866. The lowest BCUT2D eigenvalue weighted by molar-refractivity contribution is -0.0630. The van der Waals surface area contributed by atoms with Gasteiger partial charge in [-0.2, -0.15) is 15.2 Å². The van der Waals surface area contributed by atoms with Crippen LogP contribution in [0.2, 0.25) is 0 Å². The largest absolute Gasteiger partial charge is 0.395 e. The van der Waals surface area contributed by atoms with Crippen molar-refractivity contribution in [2.75, 3.05) is 36.9 Å². The average Bonchev–Trinajstić information content (AvgIpc) is 3.52. The molecule has 0 aliphatic carbocycles. The first-order chi connectivity index (χ1) is 18.4. The summed E-state index contributed by atoms with van der Waals surface area (Å²) in [6.45, 7) is 9.82. The lowest BCUT2D eigenvalue weighted by Gasteiger charge is -2.36. The number of aromatic nitrogens is 6. The third-order valence-corrected chi connectivity index (χ3v) is 7.26. The van der Waals surface area contributed by atoms with Gasteiger partial charge in [0.2, 0.25) is 5.95 Å². The monoisotopic (exact) mass is 521 g/mol. The second-order valence-corrected chi connectivity index (χ2v) is 10.8. The highest BCUT2D eigenvalue weighted by atomic mass is 16.5. The second kappa shape index (κ2) is 11.2. The number of hydrogen-bond donors (Lipinski definition) is 4. The summed E-state index contributed by atoms with van der Waals surface area (Å²) in [6, 6.07) is 4.74. The van der Waals surface area contributed by atoms with Crippen molar-refractivity contribution in [2.24, 2.45) is 0 Å². The summed E-state index contributed by atoms with van der Waals surface area (Å²) >= 11 is 0. The zero-order valence-electron chi connectivity index (χ0n) is 22.6. The van der Waals surface area contributed by atoms with Gasteiger partial charge in [-0.1, -0.05) is 25.5 Å². The molecule has 4 aromatic rings. The number of hydrogen-bond acceptors (Lipinski definition) is 9. The minimum atomic E-state index is -0.0852. The highest BCUT2D eigenvalue weighted by Gasteiger charge is 2.28. The first-order valence-corrected chi connectivity index (χ1v) is 13.5. The van der Waals surface area contributed by atoms with Crippen LogP contribution in [0.3, 0.4) is 0 Å². The van der Waals surface area contributed by atoms with E-state index in [0.29, 0.717) is 36.0 Å². The molecule has 5 rings (SSSR count). The fourth-order valence-electron chi connectivity index (χ4n) is 5.33. The Kier molecular flexibility index (Phi) is 7.78. The minimum absolute atomic E-state index is 0.0289. The van der Waals surface area contributed by atoms with E-state index in [1.54, 1.807) is 0 Å². The van der Waals surface area contributed by atoms with Crippen LogP contribution in [-0.2, 0) is 17.8 Å². The normalized spacial score (nSPS) is 17.4. The van der Waals surface area contributed by atoms with E-state index in [1.165, 1.54) is 5.56 Å². The number of aliphatic hydroxyl groups is 1. The number of ether oxygens (including phenoxy) is 1. The van der Waals surface area contributed by atoms with Crippen LogP contribution in [0.25, 0.3) is 21.9 Å². The van der Waals surface area contributed by atoms with E-state index in [4.69, 9.17) is 15.6 Å². The number of benzene rings is 1. The number of unbranched alkanes of at least 4 members (excludes halogenated alkanes) is 1. The Bertz CT molecular complexity index is 1380. The zero-order valence-corrected chi connectivity index (χ0v) is 22.6. The molecule has 0 radical (unpaired) electrons. The highest BCUT2D eigenvalue weighted by molar-refractivity contribution is 5.87. The topological polar surface area (TPSA) is 143 Å². The molecule has 0 saturated carbocycles. The fourth-order valence-corrected chi connectivity index (χ4v) is 5.33. The van der Waals surface area contributed by atoms with Crippen LogP contribution < -0.4 is 16.0 Å². The van der Waals surface area contributed by atoms with Gasteiger partial charge in [-0.15, -0.1) is 0 Å². The van der Waals surface area contributed by atoms with Gasteiger partial charge in [0.1, 0.15) is 5.52 Å². The Labute approximate surface area is 222 Å². The maximum Gasteiger partial charge on any atom is 0.222 e. The Balaban J connectivity index is 1.38. The molecule has 0 spiro atoms. The van der Waals surface area contributed by atoms with Crippen molar-refractivity contribution in [3.8, 4) is 0 Å². The van der Waals surface area contributed by atoms with Crippen LogP contribution >= 0.6 is 0 Å². The standard InChI is InChI=1S/C27H39N9O2/c1-4-5-9-35(10-11-37)25-24-22(31-26(28)32-25)17-36(34-24)16-19-7-6-18(21-15-30-33-23(19)21)14-29-20-8-12-38-27(2,3)13-20/h6-7,15,17,20,29,37H,4-5,8-14,16H2,1-3H3,(H2,28,31)(H,30,33). The summed E-state index contributed by atoms with van der Waals surface area (Å²) in [4.78, 5) is 11.0. The van der Waals surface area contributed by atoms with Crippen LogP contribution in [0.1, 0.15) is 57.6 Å². The van der Waals surface area contributed by atoms with E-state index in [9.17, 15) is 5.11 Å². The van der Waals surface area contributed by atoms with Crippen molar-refractivity contribution in [3.05, 3.63) is 35.7 Å². The third kappa shape index (κ3) is 5.74. The maximum absolute atomic E-state index is 9.62. The molecule has 0 amide bonds. The van der Waals surface area contributed by atoms with E-state index in [2.05, 4.69) is 58.4 Å². The van der Waals surface area contributed by atoms with Gasteiger partial charge in [0.25, 0.3) is 0 Å². The van der Waals surface area contributed by atoms with Crippen LogP contribution in [0.4, 0.5) is 11.8 Å². The molecule has 0 bridgehead atoms. The number of nitrogens with one attached hydrogen (secondary N) is 2. The number of rotatable bonds is 11. The second-order valence-electron chi connectivity index (χ2n) is 10.8. The summed E-state index contributed by atoms with van der Waals surface area (Å²) in [6.07, 6.45) is 7.84. The number of fused-ring (bicyclic) bond motifs is 2. The van der Waals surface area contributed by atoms with Crippen molar-refractivity contribution < 1.29 is 9.84 Å². The maximum atomic E-state index is 9.62. The lowest BCUT2D eigenvalue weighted by atomic mass is 9.93. The van der Waals surface area contributed by atoms with Gasteiger partial charge < -0.3 is 25.8 Å². The molecule has 38 heavy (non-hydrogen) atoms. The molecule has 1 aromatic carbocycles. The van der Waals surface area contributed by atoms with E-state index >= 15 is 0 Å². The first-order valence-electron chi connectivity index (χ1n) is 13.5. The molecular formula is C27H39N9O2. The molecule has 4 heterocycles. The van der Waals surface area contributed by atoms with Gasteiger partial charge in [-0.3, -0.25) is 9.78 Å². The highest BCUT2D eigenvalue weighted by Crippen LogP contribution is 2.27. The summed E-state index contributed by atoms with van der Waals surface area (Å²) in [5.41, 5.74) is 10.6. The summed E-state index contributed by atoms with van der Waals surface area (Å²) in [5, 5.41) is 26.8. The van der Waals surface area contributed by atoms with Gasteiger partial charge in [0.15, 0.2) is 11.3 Å². The zero-order chi connectivity index (χ0) is 26.7. The Morgan fingerprint density at radius 2 is 2.11 bits per heavy atom. The Hall–Kier alpha value is -3.28. The van der Waals surface area contributed by atoms with E-state index < -0.39 is 0 Å². The molecule has 11 nitrogen and oxygen atoms in total. The van der Waals surface area contributed by atoms with Crippen LogP contribution in [0.15, 0.2) is 24.5 Å². The molecule has 11 heteroatoms. The molecule has 204 valence electrons. The van der Waals surface area contributed by atoms with Crippen molar-refractivity contribution >= 4 is 33.7 Å². The first kappa shape index (κ1) is 26.3. The summed E-state index contributed by atoms with van der Waals surface area (Å²) in [7, 11) is 0. The number of anilines is 2. The van der Waals surface area contributed by atoms with Crippen molar-refractivity contribution in [1.82, 2.24) is 35.3 Å². The van der Waals surface area contributed by atoms with Crippen molar-refractivity contribution in [3.63, 3.8) is 0 Å². The number of nitrogen functional groups attached to an aromatic ring is 1. The quantitative estimate of drug-likeness (QED) is 0.234. The Morgan fingerprint density at radius 1 is 1.26 bits per heavy atom. The predicted molar refractivity (Wildman–Crippen MR) is 149 cm³/mol. The predicted octanol–water partition coefficient (Wildman–Crippen LogP) is 2.98. The molecule has 1 fully saturated rings. The van der Waals surface area contributed by atoms with Crippen molar-refractivity contribution in [2.45, 2.75) is 71.2 Å². The summed E-state index contributed by atoms with van der Waals surface area (Å²) < 4.78 is 7.74. The lowest BCUT2D eigenvalue weighted by Crippen LogP contribution is -2.43. The minimum Gasteiger partial charge on any atom is -0.395 e. The fraction of sp³-hybridized carbons (Fsp3) is 0.556. The van der Waals surface area contributed by atoms with Gasteiger partial charge in [0, 0.05) is 37.7 Å². The molecule has 1 unspecified atom stereocenters. The van der Waals surface area contributed by atoms with Gasteiger partial charge >= 0.3 is 0 Å². The van der Waals surface area contributed by atoms with E-state index in [0.717, 1.165) is 61.8 Å². The van der Waals surface area contributed by atoms with Gasteiger partial charge in [0.05, 0.1) is 36.7 Å². The van der Waals surface area contributed by atoms with Gasteiger partial charge in [-0.25, -0.2) is 4.98 Å². The molecular weight excluding hydrogens is 482 g/mol. The van der Waals surface area contributed by atoms with Crippen molar-refractivity contribution in [1.29, 1.82) is 0 Å².